The molecule has 1 aromatic carbocycles. The number of hydrogen-bond donors (Lipinski definition) is 2. The number of allylic oxidation sites excluding steroid dienone is 1. The molecule has 2 N–H and O–H groups in total. The van der Waals surface area contributed by atoms with E-state index < -0.39 is 11.2 Å². The summed E-state index contributed by atoms with van der Waals surface area (Å²) in [7, 11) is 0. The molecular formula is C11H10ClN3O4. The highest BCUT2D eigenvalue weighted by atomic mass is 35.5. The van der Waals surface area contributed by atoms with Crippen LogP contribution in [0.15, 0.2) is 35.2 Å². The van der Waals surface area contributed by atoms with Crippen LogP contribution < -0.4 is 10.6 Å². The summed E-state index contributed by atoms with van der Waals surface area (Å²) in [5.74, 6) is -0.389. The lowest BCUT2D eigenvalue weighted by atomic mass is 10.2. The molecule has 19 heavy (non-hydrogen) atoms. The van der Waals surface area contributed by atoms with Gasteiger partial charge in [0.15, 0.2) is 0 Å². The van der Waals surface area contributed by atoms with E-state index in [1.807, 2.05) is 0 Å². The third-order valence-corrected chi connectivity index (χ3v) is 2.81. The molecule has 0 radical (unpaired) electrons. The summed E-state index contributed by atoms with van der Waals surface area (Å²) in [5.41, 5.74) is 0.913. The lowest BCUT2D eigenvalue weighted by Gasteiger charge is -2.25. The smallest absolute Gasteiger partial charge is 0.286 e. The summed E-state index contributed by atoms with van der Waals surface area (Å²) in [6, 6.07) is 5.61. The number of rotatable bonds is 3. The number of nitro groups is 1. The lowest BCUT2D eigenvalue weighted by Crippen LogP contribution is -2.44. The van der Waals surface area contributed by atoms with Crippen LogP contribution in [0.25, 0.3) is 0 Å². The number of nitrogens with one attached hydrogen (secondary N) is 2. The van der Waals surface area contributed by atoms with E-state index in [0.29, 0.717) is 11.4 Å². The number of carbonyl (C=O) groups is 1. The fourth-order valence-electron chi connectivity index (χ4n) is 1.47. The van der Waals surface area contributed by atoms with Gasteiger partial charge in [0.1, 0.15) is 0 Å². The van der Waals surface area contributed by atoms with E-state index in [9.17, 15) is 14.9 Å². The third kappa shape index (κ3) is 2.94. The first-order valence-corrected chi connectivity index (χ1v) is 5.70. The molecule has 1 amide bonds. The first-order valence-electron chi connectivity index (χ1n) is 5.32. The fraction of sp³-hybridized carbons (Fsp3) is 0.182. The van der Waals surface area contributed by atoms with Crippen molar-refractivity contribution in [2.24, 2.45) is 0 Å². The minimum absolute atomic E-state index is 0.0339. The van der Waals surface area contributed by atoms with Gasteiger partial charge in [0.25, 0.3) is 17.8 Å². The van der Waals surface area contributed by atoms with Gasteiger partial charge in [-0.15, -0.1) is 0 Å². The Morgan fingerprint density at radius 3 is 2.63 bits per heavy atom. The lowest BCUT2D eigenvalue weighted by molar-refractivity contribution is -0.384. The van der Waals surface area contributed by atoms with Crippen molar-refractivity contribution in [3.05, 3.63) is 45.3 Å². The molecule has 0 bridgehead atoms. The third-order valence-electron chi connectivity index (χ3n) is 2.44. The standard InChI is InChI=1S/C11H10ClN3O4/c1-6-9(12)19-11(10(16)13-6)14-7-2-4-8(5-3-7)15(17)18/h2-5,11,14H,1H3,(H,13,16). The molecule has 1 aromatic rings. The van der Waals surface area contributed by atoms with Gasteiger partial charge in [0, 0.05) is 17.8 Å². The zero-order valence-electron chi connectivity index (χ0n) is 9.84. The van der Waals surface area contributed by atoms with Crippen LogP contribution in [-0.4, -0.2) is 17.1 Å². The Bertz CT molecular complexity index is 556. The first-order chi connectivity index (χ1) is 8.97. The summed E-state index contributed by atoms with van der Waals surface area (Å²) in [5, 5.41) is 15.9. The molecule has 0 saturated heterocycles. The number of carbonyl (C=O) groups excluding carboxylic acids is 1. The Morgan fingerprint density at radius 2 is 2.05 bits per heavy atom. The van der Waals surface area contributed by atoms with Gasteiger partial charge >= 0.3 is 0 Å². The maximum Gasteiger partial charge on any atom is 0.286 e. The average molecular weight is 284 g/mol. The molecule has 8 heteroatoms. The average Bonchev–Trinajstić information content (AvgIpc) is 2.36. The molecule has 100 valence electrons. The van der Waals surface area contributed by atoms with Crippen molar-refractivity contribution in [3.8, 4) is 0 Å². The zero-order chi connectivity index (χ0) is 14.0. The van der Waals surface area contributed by atoms with Crippen LogP contribution in [0.3, 0.4) is 0 Å². The van der Waals surface area contributed by atoms with Crippen molar-refractivity contribution in [1.82, 2.24) is 5.32 Å². The highest BCUT2D eigenvalue weighted by Gasteiger charge is 2.27. The minimum Gasteiger partial charge on any atom is -0.448 e. The zero-order valence-corrected chi connectivity index (χ0v) is 10.6. The highest BCUT2D eigenvalue weighted by molar-refractivity contribution is 6.29. The van der Waals surface area contributed by atoms with Crippen molar-refractivity contribution >= 4 is 28.9 Å². The molecule has 0 saturated carbocycles. The molecule has 0 fully saturated rings. The van der Waals surface area contributed by atoms with Crippen LogP contribution in [0.1, 0.15) is 6.92 Å². The van der Waals surface area contributed by atoms with Crippen LogP contribution in [0.5, 0.6) is 0 Å². The number of anilines is 1. The maximum atomic E-state index is 11.6. The van der Waals surface area contributed by atoms with Crippen LogP contribution in [-0.2, 0) is 9.53 Å². The van der Waals surface area contributed by atoms with E-state index in [-0.39, 0.29) is 16.8 Å². The predicted molar refractivity (Wildman–Crippen MR) is 68.3 cm³/mol. The van der Waals surface area contributed by atoms with Gasteiger partial charge < -0.3 is 15.4 Å². The Hall–Kier alpha value is -2.28. The predicted octanol–water partition coefficient (Wildman–Crippen LogP) is 1.91. The molecule has 1 heterocycles. The van der Waals surface area contributed by atoms with Gasteiger partial charge in [0.05, 0.1) is 10.6 Å². The number of hydrogen-bond acceptors (Lipinski definition) is 5. The SMILES string of the molecule is CC1=C(Cl)OC(Nc2ccc([N+](=O)[O-])cc2)C(=O)N1. The van der Waals surface area contributed by atoms with Crippen molar-refractivity contribution in [2.45, 2.75) is 13.2 Å². The van der Waals surface area contributed by atoms with E-state index in [1.54, 1.807) is 6.92 Å². The highest BCUT2D eigenvalue weighted by Crippen LogP contribution is 2.20. The van der Waals surface area contributed by atoms with E-state index >= 15 is 0 Å². The number of benzene rings is 1. The van der Waals surface area contributed by atoms with Gasteiger partial charge in [0.2, 0.25) is 5.22 Å². The summed E-state index contributed by atoms with van der Waals surface area (Å²) in [6.45, 7) is 1.61. The van der Waals surface area contributed by atoms with Crippen LogP contribution in [0, 0.1) is 10.1 Å². The molecule has 0 spiro atoms. The minimum atomic E-state index is -0.974. The Morgan fingerprint density at radius 1 is 1.42 bits per heavy atom. The second-order valence-electron chi connectivity index (χ2n) is 3.83. The monoisotopic (exact) mass is 283 g/mol. The molecule has 2 rings (SSSR count). The summed E-state index contributed by atoms with van der Waals surface area (Å²) >= 11 is 5.77. The van der Waals surface area contributed by atoms with Crippen LogP contribution in [0.2, 0.25) is 0 Å². The molecular weight excluding hydrogens is 274 g/mol. The second-order valence-corrected chi connectivity index (χ2v) is 4.18. The van der Waals surface area contributed by atoms with Crippen LogP contribution >= 0.6 is 11.6 Å². The molecule has 1 atom stereocenters. The topological polar surface area (TPSA) is 93.5 Å². The fourth-order valence-corrected chi connectivity index (χ4v) is 1.61. The quantitative estimate of drug-likeness (QED) is 0.653. The number of nitrogens with zero attached hydrogens (tertiary/aromatic N) is 1. The van der Waals surface area contributed by atoms with Gasteiger partial charge in [-0.2, -0.15) is 0 Å². The number of amides is 1. The van der Waals surface area contributed by atoms with Crippen LogP contribution in [0.4, 0.5) is 11.4 Å². The Labute approximate surface area is 113 Å². The largest absolute Gasteiger partial charge is 0.448 e. The summed E-state index contributed by atoms with van der Waals surface area (Å²) in [6.07, 6.45) is -0.974. The summed E-state index contributed by atoms with van der Waals surface area (Å²) < 4.78 is 5.18. The van der Waals surface area contributed by atoms with Crippen molar-refractivity contribution in [3.63, 3.8) is 0 Å². The molecule has 1 aliphatic rings. The summed E-state index contributed by atoms with van der Waals surface area (Å²) in [4.78, 5) is 21.6. The van der Waals surface area contributed by atoms with E-state index in [4.69, 9.17) is 16.3 Å². The van der Waals surface area contributed by atoms with Gasteiger partial charge in [-0.25, -0.2) is 0 Å². The second kappa shape index (κ2) is 5.15. The number of non-ortho nitro benzene ring substituents is 1. The van der Waals surface area contributed by atoms with E-state index in [1.165, 1.54) is 24.3 Å². The molecule has 0 aliphatic carbocycles. The number of nitro benzene ring substituents is 1. The van der Waals surface area contributed by atoms with E-state index in [0.717, 1.165) is 0 Å². The number of ether oxygens (including phenoxy) is 1. The van der Waals surface area contributed by atoms with Gasteiger partial charge in [-0.3, -0.25) is 14.9 Å². The van der Waals surface area contributed by atoms with Crippen molar-refractivity contribution in [1.29, 1.82) is 0 Å². The van der Waals surface area contributed by atoms with E-state index in [2.05, 4.69) is 10.6 Å². The number of halogens is 1. The van der Waals surface area contributed by atoms with Gasteiger partial charge in [-0.1, -0.05) is 0 Å². The first kappa shape index (κ1) is 13.2. The molecule has 1 aliphatic heterocycles. The molecule has 7 nitrogen and oxygen atoms in total. The Kier molecular flexibility index (Phi) is 3.57. The Balaban J connectivity index is 2.09. The van der Waals surface area contributed by atoms with Crippen molar-refractivity contribution in [2.75, 3.05) is 5.32 Å². The molecule has 1 unspecified atom stereocenters. The van der Waals surface area contributed by atoms with Crippen molar-refractivity contribution < 1.29 is 14.5 Å². The molecule has 0 aromatic heterocycles. The maximum absolute atomic E-state index is 11.6. The van der Waals surface area contributed by atoms with Gasteiger partial charge in [-0.05, 0) is 30.7 Å². The normalized spacial score (nSPS) is 18.6.